The van der Waals surface area contributed by atoms with Crippen molar-refractivity contribution in [1.82, 2.24) is 5.32 Å². The van der Waals surface area contributed by atoms with E-state index in [1.54, 1.807) is 30.3 Å². The van der Waals surface area contributed by atoms with E-state index in [4.69, 9.17) is 9.47 Å². The van der Waals surface area contributed by atoms with Gasteiger partial charge in [-0.15, -0.1) is 11.8 Å². The molecular formula is C41H35NO7S. The number of benzene rings is 5. The highest BCUT2D eigenvalue weighted by atomic mass is 32.2. The van der Waals surface area contributed by atoms with Crippen molar-refractivity contribution >= 4 is 36.1 Å². The number of nitrogens with one attached hydrogen (secondary N) is 1. The van der Waals surface area contributed by atoms with Crippen molar-refractivity contribution in [3.8, 4) is 11.1 Å². The van der Waals surface area contributed by atoms with Crippen molar-refractivity contribution < 1.29 is 33.8 Å². The number of hydrogen-bond donors (Lipinski definition) is 2. The Morgan fingerprint density at radius 3 is 1.76 bits per heavy atom. The molecule has 6 rings (SSSR count). The molecule has 0 unspecified atom stereocenters. The number of fused-ring (bicyclic) bond motifs is 3. The zero-order chi connectivity index (χ0) is 34.9. The molecule has 0 saturated carbocycles. The number of amides is 1. The third-order valence-electron chi connectivity index (χ3n) is 8.97. The van der Waals surface area contributed by atoms with Crippen LogP contribution in [0.3, 0.4) is 0 Å². The van der Waals surface area contributed by atoms with Gasteiger partial charge in [0, 0.05) is 17.2 Å². The van der Waals surface area contributed by atoms with Gasteiger partial charge in [-0.1, -0.05) is 140 Å². The summed E-state index contributed by atoms with van der Waals surface area (Å²) in [6.45, 7) is -0.0106. The summed E-state index contributed by atoms with van der Waals surface area (Å²) in [5.74, 6) is -2.44. The van der Waals surface area contributed by atoms with E-state index in [2.05, 4.69) is 5.32 Å². The van der Waals surface area contributed by atoms with Crippen LogP contribution in [-0.4, -0.2) is 53.4 Å². The third-order valence-corrected chi connectivity index (χ3v) is 10.4. The lowest BCUT2D eigenvalue weighted by Crippen LogP contribution is -2.61. The van der Waals surface area contributed by atoms with Gasteiger partial charge in [0.05, 0.1) is 17.7 Å². The van der Waals surface area contributed by atoms with E-state index in [-0.39, 0.29) is 35.6 Å². The molecule has 0 radical (unpaired) electrons. The van der Waals surface area contributed by atoms with Crippen molar-refractivity contribution in [2.45, 2.75) is 29.2 Å². The molecule has 50 heavy (non-hydrogen) atoms. The number of carbonyl (C=O) groups is 4. The Bertz CT molecular complexity index is 1870. The fraction of sp³-hybridized carbons (Fsp3) is 0.171. The van der Waals surface area contributed by atoms with Crippen molar-refractivity contribution in [1.29, 1.82) is 0 Å². The van der Waals surface area contributed by atoms with Crippen molar-refractivity contribution in [2.24, 2.45) is 0 Å². The van der Waals surface area contributed by atoms with E-state index >= 15 is 0 Å². The van der Waals surface area contributed by atoms with Crippen LogP contribution in [0.1, 0.15) is 50.2 Å². The number of hydrogen-bond acceptors (Lipinski definition) is 7. The number of Topliss-reactive ketones (excluding diaryl/α,β-unsaturated/α-hetero) is 1. The van der Waals surface area contributed by atoms with E-state index in [1.807, 2.05) is 109 Å². The molecule has 252 valence electrons. The van der Waals surface area contributed by atoms with Crippen LogP contribution in [0, 0.1) is 0 Å². The number of carbonyl (C=O) groups excluding carboxylic acids is 3. The molecule has 9 heteroatoms. The maximum Gasteiger partial charge on any atom is 0.407 e. The van der Waals surface area contributed by atoms with Gasteiger partial charge < -0.3 is 19.9 Å². The first-order chi connectivity index (χ1) is 24.4. The van der Waals surface area contributed by atoms with Crippen LogP contribution in [0.15, 0.2) is 140 Å². The summed E-state index contributed by atoms with van der Waals surface area (Å²) in [4.78, 5) is 52.4. The Morgan fingerprint density at radius 1 is 0.740 bits per heavy atom. The van der Waals surface area contributed by atoms with E-state index in [1.165, 1.54) is 11.8 Å². The quantitative estimate of drug-likeness (QED) is 0.0851. The molecule has 1 aliphatic rings. The number of rotatable bonds is 15. The van der Waals surface area contributed by atoms with Gasteiger partial charge in [0.1, 0.15) is 6.61 Å². The Hall–Kier alpha value is -5.67. The largest absolute Gasteiger partial charge is 0.478 e. The van der Waals surface area contributed by atoms with Crippen molar-refractivity contribution in [3.63, 3.8) is 0 Å². The van der Waals surface area contributed by atoms with Crippen LogP contribution in [0.25, 0.3) is 11.1 Å². The summed E-state index contributed by atoms with van der Waals surface area (Å²) in [5, 5.41) is 13.1. The number of alkyl carbamates (subject to hydrolysis) is 1. The number of aliphatic carboxylic acids is 1. The number of thioether (sulfide) groups is 1. The zero-order valence-corrected chi connectivity index (χ0v) is 27.8. The maximum absolute atomic E-state index is 13.7. The highest BCUT2D eigenvalue weighted by Gasteiger charge is 2.51. The fourth-order valence-corrected chi connectivity index (χ4v) is 7.92. The third kappa shape index (κ3) is 7.33. The van der Waals surface area contributed by atoms with E-state index in [0.29, 0.717) is 0 Å². The Labute approximate surface area is 294 Å². The van der Waals surface area contributed by atoms with E-state index < -0.39 is 35.9 Å². The Balaban J connectivity index is 1.31. The van der Waals surface area contributed by atoms with Crippen LogP contribution in [-0.2, 0) is 19.1 Å². The fourth-order valence-electron chi connectivity index (χ4n) is 6.48. The molecule has 0 saturated heterocycles. The summed E-state index contributed by atoms with van der Waals surface area (Å²) in [7, 11) is 0. The first kappa shape index (κ1) is 34.2. The second-order valence-corrected chi connectivity index (χ2v) is 13.1. The average Bonchev–Trinajstić information content (AvgIpc) is 3.48. The van der Waals surface area contributed by atoms with Crippen molar-refractivity contribution in [2.75, 3.05) is 12.4 Å². The molecule has 5 aromatic rings. The first-order valence-electron chi connectivity index (χ1n) is 16.2. The highest BCUT2D eigenvalue weighted by Crippen LogP contribution is 2.44. The Kier molecular flexibility index (Phi) is 10.7. The topological polar surface area (TPSA) is 119 Å². The van der Waals surface area contributed by atoms with Gasteiger partial charge in [0.15, 0.2) is 5.78 Å². The van der Waals surface area contributed by atoms with Gasteiger partial charge in [-0.05, 0) is 33.4 Å². The molecule has 8 nitrogen and oxygen atoms in total. The highest BCUT2D eigenvalue weighted by molar-refractivity contribution is 7.99. The Morgan fingerprint density at radius 2 is 1.24 bits per heavy atom. The molecule has 0 fully saturated rings. The predicted molar refractivity (Wildman–Crippen MR) is 192 cm³/mol. The monoisotopic (exact) mass is 685 g/mol. The average molecular weight is 686 g/mol. The standard InChI is InChI=1S/C41H35NO7S/c43-27-49-41(39(45)46,24-36(44)28-14-4-1-5-15-28)37(26-50-38(29-16-6-2-7-17-29)30-18-8-3-9-19-30)42-40(47)48-25-35-33-22-12-10-20-31(33)32-21-11-13-23-34(32)35/h1-23,27,35,37-38H,24-26H2,(H,42,47)(H,45,46)/t37-,41-/m0/s1. The lowest BCUT2D eigenvalue weighted by atomic mass is 9.87. The molecule has 5 aromatic carbocycles. The van der Waals surface area contributed by atoms with Gasteiger partial charge in [0.25, 0.3) is 6.47 Å². The van der Waals surface area contributed by atoms with Gasteiger partial charge >= 0.3 is 12.1 Å². The molecule has 2 N–H and O–H groups in total. The van der Waals surface area contributed by atoms with Gasteiger partial charge in [-0.25, -0.2) is 9.59 Å². The van der Waals surface area contributed by atoms with Crippen LogP contribution >= 0.6 is 11.8 Å². The molecule has 1 amide bonds. The SMILES string of the molecule is O=CO[C@](CC(=O)c1ccccc1)(C(=O)O)[C@H](CSC(c1ccccc1)c1ccccc1)NC(=O)OCC1c2ccccc2-c2ccccc21. The minimum Gasteiger partial charge on any atom is -0.478 e. The van der Waals surface area contributed by atoms with Gasteiger partial charge in [0.2, 0.25) is 5.60 Å². The summed E-state index contributed by atoms with van der Waals surface area (Å²) in [6.07, 6.45) is -1.62. The summed E-state index contributed by atoms with van der Waals surface area (Å²) in [6, 6.07) is 41.9. The first-order valence-corrected chi connectivity index (χ1v) is 17.2. The summed E-state index contributed by atoms with van der Waals surface area (Å²) in [5.41, 5.74) is 3.82. The minimum absolute atomic E-state index is 0.00926. The number of carboxylic acid groups (broad SMARTS) is 1. The van der Waals surface area contributed by atoms with Crippen LogP contribution in [0.4, 0.5) is 4.79 Å². The number of ether oxygens (including phenoxy) is 2. The van der Waals surface area contributed by atoms with E-state index in [0.717, 1.165) is 33.4 Å². The molecule has 0 aromatic heterocycles. The van der Waals surface area contributed by atoms with Crippen LogP contribution < -0.4 is 5.32 Å². The van der Waals surface area contributed by atoms with E-state index in [9.17, 15) is 24.3 Å². The lowest BCUT2D eigenvalue weighted by molar-refractivity contribution is -0.173. The second-order valence-electron chi connectivity index (χ2n) is 11.9. The molecular weight excluding hydrogens is 651 g/mol. The van der Waals surface area contributed by atoms with Crippen LogP contribution in [0.2, 0.25) is 0 Å². The van der Waals surface area contributed by atoms with Crippen LogP contribution in [0.5, 0.6) is 0 Å². The van der Waals surface area contributed by atoms with Gasteiger partial charge in [-0.3, -0.25) is 9.59 Å². The lowest BCUT2D eigenvalue weighted by Gasteiger charge is -2.36. The number of ketones is 1. The molecule has 1 aliphatic carbocycles. The molecule has 0 spiro atoms. The predicted octanol–water partition coefficient (Wildman–Crippen LogP) is 7.69. The smallest absolute Gasteiger partial charge is 0.407 e. The molecule has 0 aliphatic heterocycles. The molecule has 0 heterocycles. The molecule has 2 atom stereocenters. The van der Waals surface area contributed by atoms with Gasteiger partial charge in [-0.2, -0.15) is 0 Å². The molecule has 0 bridgehead atoms. The summed E-state index contributed by atoms with van der Waals surface area (Å²) >= 11 is 1.35. The summed E-state index contributed by atoms with van der Waals surface area (Å²) < 4.78 is 11.2. The normalized spacial score (nSPS) is 13.7. The second kappa shape index (κ2) is 15.7. The number of carboxylic acids is 1. The van der Waals surface area contributed by atoms with Crippen molar-refractivity contribution in [3.05, 3.63) is 167 Å². The maximum atomic E-state index is 13.7. The zero-order valence-electron chi connectivity index (χ0n) is 27.0. The minimum atomic E-state index is -2.45.